The number of ether oxygens (including phenoxy) is 1. The van der Waals surface area contributed by atoms with Crippen LogP contribution in [0.3, 0.4) is 0 Å². The van der Waals surface area contributed by atoms with Crippen LogP contribution in [0, 0.1) is 0 Å². The highest BCUT2D eigenvalue weighted by Gasteiger charge is 2.08. The zero-order chi connectivity index (χ0) is 14.8. The van der Waals surface area contributed by atoms with E-state index in [1.807, 2.05) is 12.1 Å². The minimum absolute atomic E-state index is 0.299. The molecule has 0 bridgehead atoms. The van der Waals surface area contributed by atoms with Crippen molar-refractivity contribution in [2.45, 2.75) is 0 Å². The lowest BCUT2D eigenvalue weighted by atomic mass is 10.2. The van der Waals surface area contributed by atoms with Crippen LogP contribution < -0.4 is 10.5 Å². The second kappa shape index (κ2) is 5.63. The van der Waals surface area contributed by atoms with Crippen LogP contribution in [0.4, 0.5) is 0 Å². The molecule has 0 aliphatic rings. The van der Waals surface area contributed by atoms with E-state index in [0.29, 0.717) is 32.7 Å². The van der Waals surface area contributed by atoms with Crippen molar-refractivity contribution in [2.24, 2.45) is 5.73 Å². The molecule has 0 aliphatic carbocycles. The Hall–Kier alpha value is -2.24. The topological polar surface area (TPSA) is 61.0 Å². The molecule has 3 aromatic rings. The van der Waals surface area contributed by atoms with Gasteiger partial charge >= 0.3 is 0 Å². The number of benzene rings is 1. The Labute approximate surface area is 131 Å². The zero-order valence-corrected chi connectivity index (χ0v) is 12.4. The van der Waals surface area contributed by atoms with Crippen molar-refractivity contribution in [1.82, 2.24) is 9.97 Å². The van der Waals surface area contributed by atoms with Crippen LogP contribution >= 0.6 is 23.8 Å². The van der Waals surface area contributed by atoms with E-state index in [1.54, 1.807) is 36.7 Å². The van der Waals surface area contributed by atoms with Crippen LogP contribution in [0.5, 0.6) is 11.6 Å². The summed E-state index contributed by atoms with van der Waals surface area (Å²) in [6.45, 7) is 0. The van der Waals surface area contributed by atoms with Crippen LogP contribution in [0.15, 0.2) is 48.8 Å². The summed E-state index contributed by atoms with van der Waals surface area (Å²) in [7, 11) is 0. The number of fused-ring (bicyclic) bond motifs is 1. The SMILES string of the molecule is NC(=S)c1ccc(Oc2ccc(Cl)c3cccnc23)nc1. The largest absolute Gasteiger partial charge is 0.437 e. The quantitative estimate of drug-likeness (QED) is 0.747. The Morgan fingerprint density at radius 3 is 2.71 bits per heavy atom. The van der Waals surface area contributed by atoms with Gasteiger partial charge in [0.1, 0.15) is 10.5 Å². The van der Waals surface area contributed by atoms with Crippen molar-refractivity contribution in [1.29, 1.82) is 0 Å². The number of hydrogen-bond donors (Lipinski definition) is 1. The second-order valence-corrected chi connectivity index (χ2v) is 5.14. The molecule has 0 atom stereocenters. The molecule has 4 nitrogen and oxygen atoms in total. The summed E-state index contributed by atoms with van der Waals surface area (Å²) in [5, 5.41) is 1.46. The van der Waals surface area contributed by atoms with Crippen molar-refractivity contribution in [3.05, 3.63) is 59.4 Å². The predicted molar refractivity (Wildman–Crippen MR) is 87.0 cm³/mol. The van der Waals surface area contributed by atoms with E-state index >= 15 is 0 Å². The van der Waals surface area contributed by atoms with Gasteiger partial charge in [0.05, 0.1) is 5.02 Å². The van der Waals surface area contributed by atoms with Gasteiger partial charge < -0.3 is 10.5 Å². The van der Waals surface area contributed by atoms with Gasteiger partial charge in [-0.1, -0.05) is 23.8 Å². The fraction of sp³-hybridized carbons (Fsp3) is 0. The maximum atomic E-state index is 6.15. The lowest BCUT2D eigenvalue weighted by Crippen LogP contribution is -2.09. The van der Waals surface area contributed by atoms with Gasteiger partial charge in [-0.15, -0.1) is 0 Å². The molecule has 0 saturated heterocycles. The maximum absolute atomic E-state index is 6.15. The van der Waals surface area contributed by atoms with Crippen LogP contribution in [0.1, 0.15) is 5.56 Å². The van der Waals surface area contributed by atoms with Gasteiger partial charge in [0.2, 0.25) is 5.88 Å². The molecule has 0 fully saturated rings. The fourth-order valence-corrected chi connectivity index (χ4v) is 2.23. The van der Waals surface area contributed by atoms with E-state index < -0.39 is 0 Å². The van der Waals surface area contributed by atoms with Crippen LogP contribution in [-0.4, -0.2) is 15.0 Å². The summed E-state index contributed by atoms with van der Waals surface area (Å²) in [6.07, 6.45) is 3.26. The lowest BCUT2D eigenvalue weighted by molar-refractivity contribution is 0.467. The van der Waals surface area contributed by atoms with Gasteiger partial charge in [-0.2, -0.15) is 0 Å². The third-order valence-corrected chi connectivity index (χ3v) is 3.48. The standard InChI is InChI=1S/C15H10ClN3OS/c16-11-4-5-12(14-10(11)2-1-7-18-14)20-13-6-3-9(8-19-13)15(17)21/h1-8H,(H2,17,21). The molecule has 0 unspecified atom stereocenters. The molecule has 6 heteroatoms. The highest BCUT2D eigenvalue weighted by Crippen LogP contribution is 2.31. The summed E-state index contributed by atoms with van der Waals surface area (Å²) in [5.74, 6) is 1.02. The number of hydrogen-bond acceptors (Lipinski definition) is 4. The Kier molecular flexibility index (Phi) is 3.68. The molecule has 0 saturated carbocycles. The second-order valence-electron chi connectivity index (χ2n) is 4.30. The van der Waals surface area contributed by atoms with Crippen molar-refractivity contribution in [2.75, 3.05) is 0 Å². The molecule has 1 aromatic carbocycles. The van der Waals surface area contributed by atoms with E-state index in [0.717, 1.165) is 5.39 Å². The molecule has 2 N–H and O–H groups in total. The van der Waals surface area contributed by atoms with E-state index in [1.165, 1.54) is 0 Å². The first kappa shape index (κ1) is 13.7. The van der Waals surface area contributed by atoms with Gasteiger partial charge in [-0.3, -0.25) is 4.98 Å². The highest BCUT2D eigenvalue weighted by molar-refractivity contribution is 7.80. The molecule has 0 amide bonds. The lowest BCUT2D eigenvalue weighted by Gasteiger charge is -2.08. The first-order valence-corrected chi connectivity index (χ1v) is 6.91. The van der Waals surface area contributed by atoms with E-state index in [2.05, 4.69) is 9.97 Å². The van der Waals surface area contributed by atoms with Crippen LogP contribution in [0.25, 0.3) is 10.9 Å². The predicted octanol–water partition coefficient (Wildman–Crippen LogP) is 3.71. The molecule has 3 rings (SSSR count). The van der Waals surface area contributed by atoms with Crippen LogP contribution in [0.2, 0.25) is 5.02 Å². The summed E-state index contributed by atoms with van der Waals surface area (Å²) in [6, 6.07) is 10.7. The molecule has 2 heterocycles. The summed E-state index contributed by atoms with van der Waals surface area (Å²) in [5.41, 5.74) is 6.91. The smallest absolute Gasteiger partial charge is 0.219 e. The van der Waals surface area contributed by atoms with E-state index in [-0.39, 0.29) is 0 Å². The Balaban J connectivity index is 1.98. The Morgan fingerprint density at radius 2 is 2.00 bits per heavy atom. The Bertz CT molecular complexity index is 821. The number of thiocarbonyl (C=S) groups is 1. The molecule has 21 heavy (non-hydrogen) atoms. The molecule has 0 aliphatic heterocycles. The first-order valence-electron chi connectivity index (χ1n) is 6.12. The van der Waals surface area contributed by atoms with Gasteiger partial charge in [-0.25, -0.2) is 4.98 Å². The summed E-state index contributed by atoms with van der Waals surface area (Å²) >= 11 is 11.0. The van der Waals surface area contributed by atoms with E-state index in [4.69, 9.17) is 34.3 Å². The number of pyridine rings is 2. The van der Waals surface area contributed by atoms with Crippen molar-refractivity contribution in [3.8, 4) is 11.6 Å². The molecule has 0 spiro atoms. The highest BCUT2D eigenvalue weighted by atomic mass is 35.5. The maximum Gasteiger partial charge on any atom is 0.219 e. The van der Waals surface area contributed by atoms with Crippen molar-refractivity contribution < 1.29 is 4.74 Å². The minimum Gasteiger partial charge on any atom is -0.437 e. The number of rotatable bonds is 3. The molecule has 104 valence electrons. The Morgan fingerprint density at radius 1 is 1.14 bits per heavy atom. The fourth-order valence-electron chi connectivity index (χ4n) is 1.89. The third-order valence-electron chi connectivity index (χ3n) is 2.91. The minimum atomic E-state index is 0.299. The zero-order valence-electron chi connectivity index (χ0n) is 10.8. The monoisotopic (exact) mass is 315 g/mol. The molecule has 0 radical (unpaired) electrons. The summed E-state index contributed by atoms with van der Waals surface area (Å²) in [4.78, 5) is 8.78. The normalized spacial score (nSPS) is 10.5. The first-order chi connectivity index (χ1) is 10.1. The van der Waals surface area contributed by atoms with Gasteiger partial charge in [0.15, 0.2) is 5.75 Å². The van der Waals surface area contributed by atoms with Crippen molar-refractivity contribution >= 4 is 39.7 Å². The molecular formula is C15H10ClN3OS. The van der Waals surface area contributed by atoms with Gasteiger partial charge in [-0.05, 0) is 30.3 Å². The number of halogens is 1. The summed E-state index contributed by atoms with van der Waals surface area (Å²) < 4.78 is 5.77. The van der Waals surface area contributed by atoms with Crippen LogP contribution in [-0.2, 0) is 0 Å². The molecular weight excluding hydrogens is 306 g/mol. The average molecular weight is 316 g/mol. The van der Waals surface area contributed by atoms with Gasteiger partial charge in [0, 0.05) is 29.4 Å². The number of nitrogens with two attached hydrogens (primary N) is 1. The number of nitrogens with zero attached hydrogens (tertiary/aromatic N) is 2. The van der Waals surface area contributed by atoms with Gasteiger partial charge in [0.25, 0.3) is 0 Å². The molecule has 2 aromatic heterocycles. The third kappa shape index (κ3) is 2.79. The number of aromatic nitrogens is 2. The van der Waals surface area contributed by atoms with Crippen molar-refractivity contribution in [3.63, 3.8) is 0 Å². The van der Waals surface area contributed by atoms with E-state index in [9.17, 15) is 0 Å². The average Bonchev–Trinajstić information content (AvgIpc) is 2.51.